The van der Waals surface area contributed by atoms with Crippen molar-refractivity contribution in [2.24, 2.45) is 0 Å². The third kappa shape index (κ3) is 3.52. The largest absolute Gasteiger partial charge is 0.396 e. The summed E-state index contributed by atoms with van der Waals surface area (Å²) in [7, 11) is 0. The van der Waals surface area contributed by atoms with Crippen molar-refractivity contribution in [1.29, 1.82) is 0 Å². The minimum Gasteiger partial charge on any atom is -0.396 e. The Labute approximate surface area is 115 Å². The first-order chi connectivity index (χ1) is 8.19. The van der Waals surface area contributed by atoms with Gasteiger partial charge in [-0.15, -0.1) is 0 Å². The van der Waals surface area contributed by atoms with E-state index in [2.05, 4.69) is 32.5 Å². The van der Waals surface area contributed by atoms with Crippen LogP contribution in [0.2, 0.25) is 0 Å². The van der Waals surface area contributed by atoms with Crippen molar-refractivity contribution in [3.05, 3.63) is 16.7 Å². The van der Waals surface area contributed by atoms with Crippen molar-refractivity contribution in [3.63, 3.8) is 0 Å². The molecule has 94 valence electrons. The van der Waals surface area contributed by atoms with Gasteiger partial charge in [-0.3, -0.25) is 0 Å². The highest BCUT2D eigenvalue weighted by Gasteiger charge is 2.21. The van der Waals surface area contributed by atoms with Crippen LogP contribution in [0, 0.1) is 0 Å². The van der Waals surface area contributed by atoms with Crippen molar-refractivity contribution in [2.75, 3.05) is 17.3 Å². The molecule has 2 unspecified atom stereocenters. The van der Waals surface area contributed by atoms with E-state index in [4.69, 9.17) is 5.73 Å². The van der Waals surface area contributed by atoms with E-state index in [0.717, 1.165) is 15.5 Å². The Balaban J connectivity index is 2.00. The van der Waals surface area contributed by atoms with E-state index in [1.54, 1.807) is 6.20 Å². The Morgan fingerprint density at radius 3 is 3.06 bits per heavy atom. The standard InChI is InChI=1S/C12H18BrN3S/c1-17-10-4-2-3-9(6-10)16-12-11(14)5-8(13)7-15-12/h5,7,9-10H,2-4,6,14H2,1H3,(H,15,16). The molecule has 0 radical (unpaired) electrons. The summed E-state index contributed by atoms with van der Waals surface area (Å²) in [6.07, 6.45) is 9.03. The van der Waals surface area contributed by atoms with Gasteiger partial charge >= 0.3 is 0 Å². The average molecular weight is 316 g/mol. The lowest BCUT2D eigenvalue weighted by Gasteiger charge is -2.29. The van der Waals surface area contributed by atoms with Gasteiger partial charge in [0, 0.05) is 22.0 Å². The second-order valence-electron chi connectivity index (χ2n) is 4.46. The summed E-state index contributed by atoms with van der Waals surface area (Å²) in [5.74, 6) is 0.819. The molecule has 0 spiro atoms. The molecule has 1 aliphatic carbocycles. The first kappa shape index (κ1) is 13.0. The molecular weight excluding hydrogens is 298 g/mol. The minimum absolute atomic E-state index is 0.511. The lowest BCUT2D eigenvalue weighted by molar-refractivity contribution is 0.473. The molecule has 0 aromatic carbocycles. The van der Waals surface area contributed by atoms with Crippen molar-refractivity contribution >= 4 is 39.2 Å². The third-order valence-electron chi connectivity index (χ3n) is 3.18. The molecule has 1 aromatic rings. The quantitative estimate of drug-likeness (QED) is 0.896. The molecule has 1 fully saturated rings. The second kappa shape index (κ2) is 5.96. The Morgan fingerprint density at radius 1 is 1.53 bits per heavy atom. The lowest BCUT2D eigenvalue weighted by Crippen LogP contribution is -2.29. The smallest absolute Gasteiger partial charge is 0.149 e. The van der Waals surface area contributed by atoms with Crippen LogP contribution in [0.4, 0.5) is 11.5 Å². The van der Waals surface area contributed by atoms with Gasteiger partial charge in [-0.05, 0) is 47.5 Å². The molecule has 1 aromatic heterocycles. The first-order valence-corrected chi connectivity index (χ1v) is 7.97. The zero-order chi connectivity index (χ0) is 12.3. The van der Waals surface area contributed by atoms with E-state index in [1.165, 1.54) is 25.7 Å². The molecule has 2 atom stereocenters. The number of thioether (sulfide) groups is 1. The SMILES string of the molecule is CSC1CCCC(Nc2ncc(Br)cc2N)C1. The van der Waals surface area contributed by atoms with E-state index in [-0.39, 0.29) is 0 Å². The van der Waals surface area contributed by atoms with E-state index in [1.807, 2.05) is 17.8 Å². The summed E-state index contributed by atoms with van der Waals surface area (Å²) in [6.45, 7) is 0. The first-order valence-electron chi connectivity index (χ1n) is 5.89. The van der Waals surface area contributed by atoms with E-state index in [0.29, 0.717) is 11.7 Å². The molecule has 3 N–H and O–H groups in total. The highest BCUT2D eigenvalue weighted by molar-refractivity contribution is 9.10. The summed E-state index contributed by atoms with van der Waals surface area (Å²) in [6, 6.07) is 2.40. The predicted molar refractivity (Wildman–Crippen MR) is 79.5 cm³/mol. The molecular formula is C12H18BrN3S. The van der Waals surface area contributed by atoms with Crippen molar-refractivity contribution in [3.8, 4) is 0 Å². The zero-order valence-electron chi connectivity index (χ0n) is 9.95. The molecule has 0 bridgehead atoms. The van der Waals surface area contributed by atoms with Crippen LogP contribution in [0.15, 0.2) is 16.7 Å². The van der Waals surface area contributed by atoms with Crippen LogP contribution in [0.25, 0.3) is 0 Å². The number of anilines is 2. The third-order valence-corrected chi connectivity index (χ3v) is 4.71. The number of nitrogens with zero attached hydrogens (tertiary/aromatic N) is 1. The summed E-state index contributed by atoms with van der Waals surface area (Å²) in [4.78, 5) is 4.33. The van der Waals surface area contributed by atoms with Crippen LogP contribution in [0.3, 0.4) is 0 Å². The highest BCUT2D eigenvalue weighted by Crippen LogP contribution is 2.30. The maximum Gasteiger partial charge on any atom is 0.149 e. The van der Waals surface area contributed by atoms with Gasteiger partial charge in [0.05, 0.1) is 5.69 Å². The Kier molecular flexibility index (Phi) is 4.56. The molecule has 0 aliphatic heterocycles. The van der Waals surface area contributed by atoms with Gasteiger partial charge in [0.1, 0.15) is 5.82 Å². The summed E-state index contributed by atoms with van der Waals surface area (Å²) in [5.41, 5.74) is 6.66. The molecule has 1 heterocycles. The van der Waals surface area contributed by atoms with Gasteiger partial charge in [-0.25, -0.2) is 4.98 Å². The molecule has 1 saturated carbocycles. The fourth-order valence-electron chi connectivity index (χ4n) is 2.26. The summed E-state index contributed by atoms with van der Waals surface area (Å²) >= 11 is 5.34. The Bertz CT molecular complexity index is 386. The Hall–Kier alpha value is -0.420. The van der Waals surface area contributed by atoms with Gasteiger partial charge in [0.15, 0.2) is 0 Å². The van der Waals surface area contributed by atoms with Crippen LogP contribution in [0.1, 0.15) is 25.7 Å². The van der Waals surface area contributed by atoms with Gasteiger partial charge in [0.25, 0.3) is 0 Å². The monoisotopic (exact) mass is 315 g/mol. The number of hydrogen-bond donors (Lipinski definition) is 2. The van der Waals surface area contributed by atoms with Crippen LogP contribution in [-0.4, -0.2) is 22.5 Å². The molecule has 2 rings (SSSR count). The van der Waals surface area contributed by atoms with Crippen LogP contribution in [-0.2, 0) is 0 Å². The van der Waals surface area contributed by atoms with E-state index < -0.39 is 0 Å². The normalized spacial score (nSPS) is 24.6. The van der Waals surface area contributed by atoms with E-state index in [9.17, 15) is 0 Å². The molecule has 3 nitrogen and oxygen atoms in total. The molecule has 1 aliphatic rings. The number of nitrogens with one attached hydrogen (secondary N) is 1. The number of nitrogen functional groups attached to an aromatic ring is 1. The lowest BCUT2D eigenvalue weighted by atomic mass is 9.95. The minimum atomic E-state index is 0.511. The number of rotatable bonds is 3. The average Bonchev–Trinajstić information content (AvgIpc) is 2.33. The maximum absolute atomic E-state index is 5.95. The van der Waals surface area contributed by atoms with Gasteiger partial charge in [0.2, 0.25) is 0 Å². The number of aromatic nitrogens is 1. The number of hydrogen-bond acceptors (Lipinski definition) is 4. The molecule has 0 amide bonds. The number of nitrogens with two attached hydrogens (primary N) is 1. The Morgan fingerprint density at radius 2 is 2.35 bits per heavy atom. The van der Waals surface area contributed by atoms with Crippen molar-refractivity contribution in [2.45, 2.75) is 37.0 Å². The van der Waals surface area contributed by atoms with Gasteiger partial charge < -0.3 is 11.1 Å². The zero-order valence-corrected chi connectivity index (χ0v) is 12.4. The van der Waals surface area contributed by atoms with Crippen molar-refractivity contribution in [1.82, 2.24) is 4.98 Å². The predicted octanol–water partition coefficient (Wildman–Crippen LogP) is 3.51. The van der Waals surface area contributed by atoms with Gasteiger partial charge in [-0.2, -0.15) is 11.8 Å². The number of pyridine rings is 1. The fourth-order valence-corrected chi connectivity index (χ4v) is 3.44. The second-order valence-corrected chi connectivity index (χ2v) is 6.51. The highest BCUT2D eigenvalue weighted by atomic mass is 79.9. The van der Waals surface area contributed by atoms with Crippen LogP contribution in [0.5, 0.6) is 0 Å². The van der Waals surface area contributed by atoms with Crippen LogP contribution < -0.4 is 11.1 Å². The number of halogens is 1. The van der Waals surface area contributed by atoms with E-state index >= 15 is 0 Å². The summed E-state index contributed by atoms with van der Waals surface area (Å²) < 4.78 is 0.922. The summed E-state index contributed by atoms with van der Waals surface area (Å²) in [5, 5.41) is 4.25. The maximum atomic E-state index is 5.95. The molecule has 17 heavy (non-hydrogen) atoms. The molecule has 5 heteroatoms. The topological polar surface area (TPSA) is 50.9 Å². The van der Waals surface area contributed by atoms with Crippen LogP contribution >= 0.6 is 27.7 Å². The van der Waals surface area contributed by atoms with Gasteiger partial charge in [-0.1, -0.05) is 6.42 Å². The fraction of sp³-hybridized carbons (Fsp3) is 0.583. The van der Waals surface area contributed by atoms with Crippen molar-refractivity contribution < 1.29 is 0 Å². The molecule has 0 saturated heterocycles.